The summed E-state index contributed by atoms with van der Waals surface area (Å²) in [5.41, 5.74) is 1.63. The summed E-state index contributed by atoms with van der Waals surface area (Å²) in [5, 5.41) is 5.26. The normalized spacial score (nSPS) is 10.0. The maximum Gasteiger partial charge on any atom is 0.229 e. The Labute approximate surface area is 127 Å². The van der Waals surface area contributed by atoms with Gasteiger partial charge >= 0.3 is 0 Å². The van der Waals surface area contributed by atoms with Gasteiger partial charge in [-0.3, -0.25) is 14.6 Å². The van der Waals surface area contributed by atoms with Gasteiger partial charge in [0.05, 0.1) is 0 Å². The van der Waals surface area contributed by atoms with Gasteiger partial charge in [0.2, 0.25) is 11.8 Å². The van der Waals surface area contributed by atoms with Gasteiger partial charge in [0.15, 0.2) is 0 Å². The number of aromatic nitrogens is 1. The predicted molar refractivity (Wildman–Crippen MR) is 78.9 cm³/mol. The second-order valence-corrected chi connectivity index (χ2v) is 4.72. The van der Waals surface area contributed by atoms with Crippen LogP contribution < -0.4 is 10.6 Å². The summed E-state index contributed by atoms with van der Waals surface area (Å²) in [7, 11) is 0. The van der Waals surface area contributed by atoms with Crippen molar-refractivity contribution < 1.29 is 14.0 Å². The minimum atomic E-state index is -0.381. The van der Waals surface area contributed by atoms with Crippen LogP contribution in [0.3, 0.4) is 0 Å². The van der Waals surface area contributed by atoms with Gasteiger partial charge < -0.3 is 10.6 Å². The molecule has 1 aromatic carbocycles. The number of hydrogen-bond acceptors (Lipinski definition) is 3. The van der Waals surface area contributed by atoms with Crippen LogP contribution in [0.1, 0.15) is 17.5 Å². The molecule has 0 atom stereocenters. The molecular formula is C16H16FN3O2. The fourth-order valence-corrected chi connectivity index (χ4v) is 1.78. The van der Waals surface area contributed by atoms with E-state index in [1.165, 1.54) is 12.1 Å². The third-order valence-corrected chi connectivity index (χ3v) is 2.94. The Morgan fingerprint density at radius 1 is 0.955 bits per heavy atom. The highest BCUT2D eigenvalue weighted by Gasteiger charge is 2.08. The van der Waals surface area contributed by atoms with Crippen LogP contribution in [0.5, 0.6) is 0 Å². The molecule has 0 aliphatic rings. The Morgan fingerprint density at radius 3 is 2.18 bits per heavy atom. The minimum absolute atomic E-state index is 0.249. The molecule has 1 aromatic heterocycles. The average Bonchev–Trinajstić information content (AvgIpc) is 2.53. The molecule has 0 unspecified atom stereocenters. The standard InChI is InChI=1S/C16H16FN3O2/c17-14-5-3-12(4-6-14)10-19-15(21)8-16(22)20-11-13-2-1-7-18-9-13/h1-7,9H,8,10-11H2,(H,19,21)(H,20,22). The molecule has 0 fully saturated rings. The second kappa shape index (κ2) is 7.87. The van der Waals surface area contributed by atoms with E-state index in [4.69, 9.17) is 0 Å². The van der Waals surface area contributed by atoms with E-state index >= 15 is 0 Å². The predicted octanol–water partition coefficient (Wildman–Crippen LogP) is 1.54. The smallest absolute Gasteiger partial charge is 0.229 e. The van der Waals surface area contributed by atoms with Crippen LogP contribution in [0.25, 0.3) is 0 Å². The lowest BCUT2D eigenvalue weighted by Crippen LogP contribution is -2.31. The zero-order chi connectivity index (χ0) is 15.8. The molecule has 2 rings (SSSR count). The van der Waals surface area contributed by atoms with E-state index < -0.39 is 0 Å². The number of nitrogens with one attached hydrogen (secondary N) is 2. The highest BCUT2D eigenvalue weighted by atomic mass is 19.1. The highest BCUT2D eigenvalue weighted by Crippen LogP contribution is 2.02. The lowest BCUT2D eigenvalue weighted by Gasteiger charge is -2.07. The monoisotopic (exact) mass is 301 g/mol. The van der Waals surface area contributed by atoms with Crippen LogP contribution in [0, 0.1) is 5.82 Å². The Hall–Kier alpha value is -2.76. The first kappa shape index (κ1) is 15.6. The molecule has 1 heterocycles. The number of nitrogens with zero attached hydrogens (tertiary/aromatic N) is 1. The van der Waals surface area contributed by atoms with Gasteiger partial charge in [-0.15, -0.1) is 0 Å². The molecule has 2 aromatic rings. The molecule has 0 spiro atoms. The number of halogens is 1. The molecule has 0 saturated carbocycles. The van der Waals surface area contributed by atoms with Gasteiger partial charge in [0.1, 0.15) is 12.2 Å². The van der Waals surface area contributed by atoms with Gasteiger partial charge in [0.25, 0.3) is 0 Å². The third kappa shape index (κ3) is 5.32. The van der Waals surface area contributed by atoms with Gasteiger partial charge in [-0.1, -0.05) is 18.2 Å². The van der Waals surface area contributed by atoms with Crippen molar-refractivity contribution in [3.8, 4) is 0 Å². The number of amides is 2. The fourth-order valence-electron chi connectivity index (χ4n) is 1.78. The lowest BCUT2D eigenvalue weighted by atomic mass is 10.2. The lowest BCUT2D eigenvalue weighted by molar-refractivity contribution is -0.129. The van der Waals surface area contributed by atoms with Crippen LogP contribution in [-0.4, -0.2) is 16.8 Å². The molecule has 0 bridgehead atoms. The van der Waals surface area contributed by atoms with E-state index in [1.54, 1.807) is 30.6 Å². The summed E-state index contributed by atoms with van der Waals surface area (Å²) in [6, 6.07) is 9.42. The summed E-state index contributed by atoms with van der Waals surface area (Å²) in [5.74, 6) is -1.07. The van der Waals surface area contributed by atoms with Crippen molar-refractivity contribution in [2.45, 2.75) is 19.5 Å². The Kier molecular flexibility index (Phi) is 5.59. The Bertz CT molecular complexity index is 630. The molecule has 0 aliphatic heterocycles. The number of hydrogen-bond donors (Lipinski definition) is 2. The van der Waals surface area contributed by atoms with Crippen molar-refractivity contribution in [1.82, 2.24) is 15.6 Å². The second-order valence-electron chi connectivity index (χ2n) is 4.72. The zero-order valence-electron chi connectivity index (χ0n) is 11.9. The van der Waals surface area contributed by atoms with E-state index in [2.05, 4.69) is 15.6 Å². The van der Waals surface area contributed by atoms with Crippen LogP contribution in [0.4, 0.5) is 4.39 Å². The van der Waals surface area contributed by atoms with Crippen molar-refractivity contribution in [1.29, 1.82) is 0 Å². The first-order chi connectivity index (χ1) is 10.6. The summed E-state index contributed by atoms with van der Waals surface area (Å²) in [6.45, 7) is 0.590. The number of rotatable bonds is 6. The summed E-state index contributed by atoms with van der Waals surface area (Å²) in [4.78, 5) is 27.2. The van der Waals surface area contributed by atoms with Gasteiger partial charge in [-0.2, -0.15) is 0 Å². The number of carbonyl (C=O) groups excluding carboxylic acids is 2. The SMILES string of the molecule is O=C(CC(=O)NCc1cccnc1)NCc1ccc(F)cc1. The molecular weight excluding hydrogens is 285 g/mol. The summed E-state index contributed by atoms with van der Waals surface area (Å²) < 4.78 is 12.7. The van der Waals surface area contributed by atoms with Crippen LogP contribution in [-0.2, 0) is 22.7 Å². The van der Waals surface area contributed by atoms with Crippen molar-refractivity contribution in [3.63, 3.8) is 0 Å². The fraction of sp³-hybridized carbons (Fsp3) is 0.188. The maximum atomic E-state index is 12.7. The zero-order valence-corrected chi connectivity index (χ0v) is 11.9. The van der Waals surface area contributed by atoms with Gasteiger partial charge in [-0.05, 0) is 29.3 Å². The van der Waals surface area contributed by atoms with E-state index in [0.29, 0.717) is 6.54 Å². The highest BCUT2D eigenvalue weighted by molar-refractivity contribution is 5.96. The summed E-state index contributed by atoms with van der Waals surface area (Å²) in [6.07, 6.45) is 3.05. The molecule has 2 amide bonds. The largest absolute Gasteiger partial charge is 0.352 e. The molecule has 0 aliphatic carbocycles. The van der Waals surface area contributed by atoms with Crippen molar-refractivity contribution in [3.05, 3.63) is 65.7 Å². The molecule has 0 saturated heterocycles. The van der Waals surface area contributed by atoms with E-state index in [-0.39, 0.29) is 30.6 Å². The number of benzene rings is 1. The minimum Gasteiger partial charge on any atom is -0.352 e. The maximum absolute atomic E-state index is 12.7. The quantitative estimate of drug-likeness (QED) is 0.795. The van der Waals surface area contributed by atoms with Crippen LogP contribution in [0.2, 0.25) is 0 Å². The summed E-state index contributed by atoms with van der Waals surface area (Å²) >= 11 is 0. The van der Waals surface area contributed by atoms with Crippen molar-refractivity contribution in [2.75, 3.05) is 0 Å². The van der Waals surface area contributed by atoms with Crippen molar-refractivity contribution >= 4 is 11.8 Å². The van der Waals surface area contributed by atoms with Gasteiger partial charge in [0, 0.05) is 25.5 Å². The third-order valence-electron chi connectivity index (χ3n) is 2.94. The van der Waals surface area contributed by atoms with E-state index in [0.717, 1.165) is 11.1 Å². The van der Waals surface area contributed by atoms with E-state index in [1.807, 2.05) is 6.07 Å². The van der Waals surface area contributed by atoms with E-state index in [9.17, 15) is 14.0 Å². The Morgan fingerprint density at radius 2 is 1.59 bits per heavy atom. The topological polar surface area (TPSA) is 71.1 Å². The van der Waals surface area contributed by atoms with Crippen molar-refractivity contribution in [2.24, 2.45) is 0 Å². The molecule has 6 heteroatoms. The number of pyridine rings is 1. The van der Waals surface area contributed by atoms with Crippen LogP contribution >= 0.6 is 0 Å². The van der Waals surface area contributed by atoms with Crippen LogP contribution in [0.15, 0.2) is 48.8 Å². The Balaban J connectivity index is 1.70. The first-order valence-electron chi connectivity index (χ1n) is 6.80. The average molecular weight is 301 g/mol. The first-order valence-corrected chi connectivity index (χ1v) is 6.80. The molecule has 5 nitrogen and oxygen atoms in total. The molecule has 114 valence electrons. The molecule has 22 heavy (non-hydrogen) atoms. The van der Waals surface area contributed by atoms with Gasteiger partial charge in [-0.25, -0.2) is 4.39 Å². The molecule has 2 N–H and O–H groups in total. The molecule has 0 radical (unpaired) electrons. The number of carbonyl (C=O) groups is 2.